The first-order valence-corrected chi connectivity index (χ1v) is 4.23. The molecular weight excluding hydrogens is 208 g/mol. The Morgan fingerprint density at radius 3 is 1.86 bits per heavy atom. The van der Waals surface area contributed by atoms with E-state index in [1.807, 2.05) is 13.8 Å². The molecule has 0 heterocycles. The first-order chi connectivity index (χ1) is 3.41. The minimum absolute atomic E-state index is 0.523. The van der Waals surface area contributed by atoms with Crippen molar-refractivity contribution in [2.75, 3.05) is 13.2 Å². The van der Waals surface area contributed by atoms with E-state index in [9.17, 15) is 0 Å². The molecule has 0 fully saturated rings. The van der Waals surface area contributed by atoms with E-state index in [-0.39, 0.29) is 0 Å². The Labute approximate surface area is 55.3 Å². The Kier molecular flexibility index (Phi) is 7.39. The van der Waals surface area contributed by atoms with Crippen molar-refractivity contribution >= 4 is 21.7 Å². The molecule has 0 aliphatic heterocycles. The van der Waals surface area contributed by atoms with Crippen molar-refractivity contribution < 1.29 is 6.20 Å². The summed E-state index contributed by atoms with van der Waals surface area (Å²) in [5.41, 5.74) is 0. The molecule has 2 nitrogen and oxygen atoms in total. The molecule has 0 aromatic heterocycles. The van der Waals surface area contributed by atoms with Crippen molar-refractivity contribution in [3.63, 3.8) is 0 Å². The van der Waals surface area contributed by atoms with E-state index < -0.39 is 21.7 Å². The van der Waals surface area contributed by atoms with E-state index in [2.05, 4.69) is 0 Å². The first kappa shape index (κ1) is 7.71. The number of hydrogen-bond acceptors (Lipinski definition) is 2. The summed E-state index contributed by atoms with van der Waals surface area (Å²) in [6.07, 6.45) is 0. The fourth-order valence-corrected chi connectivity index (χ4v) is 0.874. The van der Waals surface area contributed by atoms with Gasteiger partial charge < -0.3 is 0 Å². The molecule has 0 bridgehead atoms. The molecule has 0 amide bonds. The zero-order valence-corrected chi connectivity index (χ0v) is 6.97. The van der Waals surface area contributed by atoms with Gasteiger partial charge >= 0.3 is 55.0 Å². The van der Waals surface area contributed by atoms with Gasteiger partial charge in [-0.15, -0.1) is 0 Å². The van der Waals surface area contributed by atoms with Crippen LogP contribution in [0.3, 0.4) is 0 Å². The zero-order chi connectivity index (χ0) is 5.54. The van der Waals surface area contributed by atoms with Crippen LogP contribution in [0.1, 0.15) is 13.8 Å². The van der Waals surface area contributed by atoms with Crippen molar-refractivity contribution in [2.24, 2.45) is 0 Å². The summed E-state index contributed by atoms with van der Waals surface area (Å²) < 4.78 is 9.96. The number of hydrogen-bond donors (Lipinski definition) is 0. The topological polar surface area (TPSA) is 18.5 Å². The molecule has 0 aromatic carbocycles. The predicted molar refractivity (Wildman–Crippen MR) is 29.0 cm³/mol. The second kappa shape index (κ2) is 6.71. The molecule has 0 aliphatic rings. The van der Waals surface area contributed by atoms with Crippen LogP contribution in [-0.4, -0.2) is 35.0 Å². The van der Waals surface area contributed by atoms with Crippen molar-refractivity contribution in [2.45, 2.75) is 13.8 Å². The Balaban J connectivity index is 2.45. The van der Waals surface area contributed by atoms with Gasteiger partial charge in [-0.3, -0.25) is 0 Å². The molecule has 0 unspecified atom stereocenters. The van der Waals surface area contributed by atoms with E-state index in [0.29, 0.717) is 0 Å². The van der Waals surface area contributed by atoms with Gasteiger partial charge in [-0.2, -0.15) is 0 Å². The summed E-state index contributed by atoms with van der Waals surface area (Å²) in [6, 6.07) is 0. The normalized spacial score (nSPS) is 9.43. The van der Waals surface area contributed by atoms with Crippen molar-refractivity contribution in [1.29, 1.82) is 0 Å². The molecule has 3 heteroatoms. The Morgan fingerprint density at radius 2 is 1.57 bits per heavy atom. The van der Waals surface area contributed by atoms with Crippen molar-refractivity contribution in [3.8, 4) is 0 Å². The predicted octanol–water partition coefficient (Wildman–Crippen LogP) is 0.594. The monoisotopic (exact) mass is 220 g/mol. The standard InChI is InChI=1S/C4H10O2Te/c1-3-5-7-6-4-2/h3-4H2,1-2H3. The summed E-state index contributed by atoms with van der Waals surface area (Å²) in [5, 5.41) is 0. The molecule has 0 rings (SSSR count). The van der Waals surface area contributed by atoms with Crippen LogP contribution in [-0.2, 0) is 6.20 Å². The molecule has 0 saturated carbocycles. The van der Waals surface area contributed by atoms with Crippen LogP contribution >= 0.6 is 0 Å². The molecule has 7 heavy (non-hydrogen) atoms. The van der Waals surface area contributed by atoms with Gasteiger partial charge in [0.05, 0.1) is 0 Å². The number of rotatable bonds is 4. The van der Waals surface area contributed by atoms with Gasteiger partial charge in [0, 0.05) is 0 Å². The molecule has 0 aliphatic carbocycles. The van der Waals surface area contributed by atoms with Gasteiger partial charge in [0.2, 0.25) is 0 Å². The van der Waals surface area contributed by atoms with Gasteiger partial charge in [0.1, 0.15) is 0 Å². The summed E-state index contributed by atoms with van der Waals surface area (Å²) in [7, 11) is 0. The van der Waals surface area contributed by atoms with Crippen LogP contribution in [0, 0.1) is 0 Å². The van der Waals surface area contributed by atoms with Crippen LogP contribution in [0.25, 0.3) is 0 Å². The Hall–Kier alpha value is 0.710. The quantitative estimate of drug-likeness (QED) is 0.507. The molecular formula is C4H10O2Te. The first-order valence-electron chi connectivity index (χ1n) is 2.32. The third-order valence-corrected chi connectivity index (χ3v) is 2.23. The Morgan fingerprint density at radius 1 is 1.14 bits per heavy atom. The summed E-state index contributed by atoms with van der Waals surface area (Å²) in [5.74, 6) is 0. The third-order valence-electron chi connectivity index (χ3n) is 0.332. The molecule has 0 aromatic rings. The molecule has 0 N–H and O–H groups in total. The zero-order valence-electron chi connectivity index (χ0n) is 4.64. The van der Waals surface area contributed by atoms with Crippen LogP contribution in [0.15, 0.2) is 0 Å². The van der Waals surface area contributed by atoms with E-state index in [0.717, 1.165) is 13.2 Å². The van der Waals surface area contributed by atoms with E-state index in [1.54, 1.807) is 0 Å². The Bertz CT molecular complexity index is 28.9. The van der Waals surface area contributed by atoms with Crippen LogP contribution in [0.5, 0.6) is 0 Å². The van der Waals surface area contributed by atoms with Gasteiger partial charge in [-0.05, 0) is 0 Å². The van der Waals surface area contributed by atoms with Crippen molar-refractivity contribution in [1.82, 2.24) is 0 Å². The average Bonchev–Trinajstić information content (AvgIpc) is 1.69. The van der Waals surface area contributed by atoms with E-state index in [4.69, 9.17) is 6.20 Å². The summed E-state index contributed by atoms with van der Waals surface area (Å²) >= 11 is -0.523. The van der Waals surface area contributed by atoms with Crippen LogP contribution in [0.2, 0.25) is 0 Å². The second-order valence-electron chi connectivity index (χ2n) is 0.881. The van der Waals surface area contributed by atoms with E-state index in [1.165, 1.54) is 0 Å². The van der Waals surface area contributed by atoms with Gasteiger partial charge in [-0.1, -0.05) is 0 Å². The van der Waals surface area contributed by atoms with Gasteiger partial charge in [0.15, 0.2) is 0 Å². The minimum atomic E-state index is -0.523. The van der Waals surface area contributed by atoms with Crippen LogP contribution < -0.4 is 0 Å². The molecule has 0 radical (unpaired) electrons. The SMILES string of the molecule is CCO[Te]OCC. The third kappa shape index (κ3) is 6.71. The van der Waals surface area contributed by atoms with Crippen LogP contribution in [0.4, 0.5) is 0 Å². The molecule has 0 spiro atoms. The van der Waals surface area contributed by atoms with Gasteiger partial charge in [0.25, 0.3) is 0 Å². The second-order valence-corrected chi connectivity index (χ2v) is 2.61. The summed E-state index contributed by atoms with van der Waals surface area (Å²) in [6.45, 7) is 5.54. The van der Waals surface area contributed by atoms with E-state index >= 15 is 0 Å². The molecule has 0 atom stereocenters. The summed E-state index contributed by atoms with van der Waals surface area (Å²) in [4.78, 5) is 0. The van der Waals surface area contributed by atoms with Gasteiger partial charge in [-0.25, -0.2) is 0 Å². The maximum absolute atomic E-state index is 4.98. The maximum atomic E-state index is 4.98. The molecule has 0 saturated heterocycles. The fourth-order valence-electron chi connectivity index (χ4n) is 0.130. The average molecular weight is 218 g/mol. The fraction of sp³-hybridized carbons (Fsp3) is 1.00. The van der Waals surface area contributed by atoms with Crippen molar-refractivity contribution in [3.05, 3.63) is 0 Å². The molecule has 44 valence electrons.